The second-order valence-corrected chi connectivity index (χ2v) is 10.2. The first kappa shape index (κ1) is 21.6. The van der Waals surface area contributed by atoms with Gasteiger partial charge in [0, 0.05) is 0 Å². The summed E-state index contributed by atoms with van der Waals surface area (Å²) in [5.74, 6) is 2.24. The van der Waals surface area contributed by atoms with E-state index in [0.29, 0.717) is 23.5 Å². The highest BCUT2D eigenvalue weighted by Gasteiger charge is 2.54. The molecule has 0 amide bonds. The number of aliphatic hydroxyl groups is 5. The Morgan fingerprint density at radius 1 is 1.03 bits per heavy atom. The molecule has 1 heterocycles. The van der Waals surface area contributed by atoms with Gasteiger partial charge in [-0.15, -0.1) is 0 Å². The molecule has 7 nitrogen and oxygen atoms in total. The third-order valence-corrected chi connectivity index (χ3v) is 8.75. The molecule has 0 aromatic heterocycles. The lowest BCUT2D eigenvalue weighted by atomic mass is 9.55. The molecule has 10 atom stereocenters. The number of hydrogen-bond donors (Lipinski definition) is 5. The minimum absolute atomic E-state index is 0.0603. The van der Waals surface area contributed by atoms with Crippen molar-refractivity contribution in [2.75, 3.05) is 6.61 Å². The van der Waals surface area contributed by atoms with Gasteiger partial charge in [-0.05, 0) is 85.0 Å². The van der Waals surface area contributed by atoms with E-state index in [-0.39, 0.29) is 11.5 Å². The zero-order chi connectivity index (χ0) is 21.9. The van der Waals surface area contributed by atoms with E-state index in [1.54, 1.807) is 0 Å². The summed E-state index contributed by atoms with van der Waals surface area (Å²) in [6.07, 6.45) is -0.344. The zero-order valence-electron chi connectivity index (χ0n) is 17.9. The van der Waals surface area contributed by atoms with Crippen LogP contribution in [0.1, 0.15) is 56.1 Å². The Morgan fingerprint density at radius 3 is 2.61 bits per heavy atom. The van der Waals surface area contributed by atoms with E-state index in [4.69, 9.17) is 9.47 Å². The standard InChI is InChI=1S/C24H34O7/c1-24-9-8-15-14-5-3-13(30-23-22(29)21(28)20(27)18(11-25)31-23)10-12(14)2-4-16(15)17(24)6-7-19(24)26/h3,5,10,15-23,25-29H,2,4,6-9,11H2,1H3. The quantitative estimate of drug-likeness (QED) is 0.483. The molecule has 0 spiro atoms. The molecule has 5 rings (SSSR count). The average Bonchev–Trinajstić information content (AvgIpc) is 3.08. The predicted octanol–water partition coefficient (Wildman–Crippen LogP) is 1.08. The summed E-state index contributed by atoms with van der Waals surface area (Å²) in [6.45, 7) is 1.80. The van der Waals surface area contributed by atoms with Crippen LogP contribution in [0.3, 0.4) is 0 Å². The van der Waals surface area contributed by atoms with Crippen molar-refractivity contribution >= 4 is 0 Å². The molecule has 5 N–H and O–H groups in total. The van der Waals surface area contributed by atoms with Gasteiger partial charge in [-0.2, -0.15) is 0 Å². The van der Waals surface area contributed by atoms with E-state index in [0.717, 1.165) is 38.5 Å². The maximum Gasteiger partial charge on any atom is 0.229 e. The molecule has 172 valence electrons. The number of aliphatic hydroxyl groups excluding tert-OH is 5. The van der Waals surface area contributed by atoms with Gasteiger partial charge in [-0.1, -0.05) is 13.0 Å². The number of fused-ring (bicyclic) bond motifs is 5. The Morgan fingerprint density at radius 2 is 1.84 bits per heavy atom. The van der Waals surface area contributed by atoms with Crippen LogP contribution >= 0.6 is 0 Å². The fourth-order valence-corrected chi connectivity index (χ4v) is 6.90. The van der Waals surface area contributed by atoms with Gasteiger partial charge in [0.2, 0.25) is 6.29 Å². The van der Waals surface area contributed by atoms with Crippen LogP contribution in [0.5, 0.6) is 5.75 Å². The molecule has 10 unspecified atom stereocenters. The van der Waals surface area contributed by atoms with E-state index in [2.05, 4.69) is 13.0 Å². The summed E-state index contributed by atoms with van der Waals surface area (Å²) in [5.41, 5.74) is 2.66. The molecular weight excluding hydrogens is 400 g/mol. The monoisotopic (exact) mass is 434 g/mol. The first-order valence-electron chi connectivity index (χ1n) is 11.6. The summed E-state index contributed by atoms with van der Waals surface area (Å²) in [6, 6.07) is 5.98. The van der Waals surface area contributed by atoms with E-state index < -0.39 is 37.3 Å². The third-order valence-electron chi connectivity index (χ3n) is 8.75. The molecule has 1 aromatic carbocycles. The number of hydrogen-bond acceptors (Lipinski definition) is 7. The van der Waals surface area contributed by atoms with Crippen molar-refractivity contribution in [1.29, 1.82) is 0 Å². The van der Waals surface area contributed by atoms with Crippen molar-refractivity contribution in [2.24, 2.45) is 17.3 Å². The van der Waals surface area contributed by atoms with Crippen molar-refractivity contribution in [3.63, 3.8) is 0 Å². The first-order valence-corrected chi connectivity index (χ1v) is 11.6. The molecule has 0 bridgehead atoms. The summed E-state index contributed by atoms with van der Waals surface area (Å²) in [4.78, 5) is 0. The van der Waals surface area contributed by atoms with Gasteiger partial charge in [0.1, 0.15) is 30.2 Å². The predicted molar refractivity (Wildman–Crippen MR) is 111 cm³/mol. The fourth-order valence-electron chi connectivity index (χ4n) is 6.90. The molecule has 1 saturated heterocycles. The normalized spacial score (nSPS) is 46.7. The smallest absolute Gasteiger partial charge is 0.229 e. The minimum atomic E-state index is -1.45. The number of benzene rings is 1. The Kier molecular flexibility index (Phi) is 5.56. The van der Waals surface area contributed by atoms with Crippen LogP contribution in [-0.2, 0) is 11.2 Å². The van der Waals surface area contributed by atoms with Gasteiger partial charge >= 0.3 is 0 Å². The van der Waals surface area contributed by atoms with Crippen LogP contribution in [-0.4, -0.2) is 68.9 Å². The van der Waals surface area contributed by atoms with Crippen molar-refractivity contribution in [2.45, 2.75) is 88.2 Å². The Bertz CT molecular complexity index is 813. The molecular formula is C24H34O7. The summed E-state index contributed by atoms with van der Waals surface area (Å²) >= 11 is 0. The first-order chi connectivity index (χ1) is 14.8. The molecule has 3 fully saturated rings. The van der Waals surface area contributed by atoms with E-state index in [9.17, 15) is 25.5 Å². The van der Waals surface area contributed by atoms with Gasteiger partial charge in [-0.3, -0.25) is 0 Å². The van der Waals surface area contributed by atoms with E-state index in [1.165, 1.54) is 11.1 Å². The van der Waals surface area contributed by atoms with Gasteiger partial charge in [-0.25, -0.2) is 0 Å². The molecule has 1 aromatic rings. The average molecular weight is 435 g/mol. The van der Waals surface area contributed by atoms with Gasteiger partial charge in [0.05, 0.1) is 12.7 Å². The maximum absolute atomic E-state index is 10.6. The SMILES string of the molecule is CC12CCC3c4ccc(OC5OC(CO)C(O)C(O)C5O)cc4CCC3C1CCC2O. The van der Waals surface area contributed by atoms with Crippen LogP contribution in [0.15, 0.2) is 18.2 Å². The van der Waals surface area contributed by atoms with Crippen molar-refractivity contribution < 1.29 is 35.0 Å². The summed E-state index contributed by atoms with van der Waals surface area (Å²) < 4.78 is 11.3. The molecule has 7 heteroatoms. The Balaban J connectivity index is 1.34. The highest BCUT2D eigenvalue weighted by Crippen LogP contribution is 2.60. The zero-order valence-corrected chi connectivity index (χ0v) is 17.9. The third kappa shape index (κ3) is 3.41. The van der Waals surface area contributed by atoms with Gasteiger partial charge in [0.25, 0.3) is 0 Å². The topological polar surface area (TPSA) is 120 Å². The molecule has 4 aliphatic rings. The molecule has 3 aliphatic carbocycles. The molecule has 0 radical (unpaired) electrons. The van der Waals surface area contributed by atoms with Crippen molar-refractivity contribution in [3.05, 3.63) is 29.3 Å². The number of rotatable bonds is 3. The van der Waals surface area contributed by atoms with Crippen LogP contribution in [0, 0.1) is 17.3 Å². The van der Waals surface area contributed by atoms with Gasteiger partial charge in [0.15, 0.2) is 0 Å². The Hall–Kier alpha value is -1.22. The lowest BCUT2D eigenvalue weighted by Crippen LogP contribution is -2.60. The summed E-state index contributed by atoms with van der Waals surface area (Å²) in [5, 5.41) is 50.1. The van der Waals surface area contributed by atoms with Gasteiger partial charge < -0.3 is 35.0 Å². The highest BCUT2D eigenvalue weighted by atomic mass is 16.7. The van der Waals surface area contributed by atoms with E-state index >= 15 is 0 Å². The maximum atomic E-state index is 10.6. The molecule has 1 aliphatic heterocycles. The lowest BCUT2D eigenvalue weighted by molar-refractivity contribution is -0.277. The van der Waals surface area contributed by atoms with Crippen LogP contribution < -0.4 is 4.74 Å². The lowest BCUT2D eigenvalue weighted by Gasteiger charge is -2.50. The largest absolute Gasteiger partial charge is 0.462 e. The molecule has 31 heavy (non-hydrogen) atoms. The van der Waals surface area contributed by atoms with Crippen molar-refractivity contribution in [1.82, 2.24) is 0 Å². The minimum Gasteiger partial charge on any atom is -0.462 e. The van der Waals surface area contributed by atoms with Crippen molar-refractivity contribution in [3.8, 4) is 5.75 Å². The fraction of sp³-hybridized carbons (Fsp3) is 0.750. The van der Waals surface area contributed by atoms with Crippen LogP contribution in [0.4, 0.5) is 0 Å². The second kappa shape index (κ2) is 7.97. The van der Waals surface area contributed by atoms with Crippen LogP contribution in [0.25, 0.3) is 0 Å². The highest BCUT2D eigenvalue weighted by molar-refractivity contribution is 5.41. The number of aryl methyl sites for hydroxylation is 1. The van der Waals surface area contributed by atoms with E-state index in [1.807, 2.05) is 12.1 Å². The molecule has 2 saturated carbocycles. The second-order valence-electron chi connectivity index (χ2n) is 10.2. The van der Waals surface area contributed by atoms with Crippen LogP contribution in [0.2, 0.25) is 0 Å². The summed E-state index contributed by atoms with van der Waals surface area (Å²) in [7, 11) is 0. The number of ether oxygens (including phenoxy) is 2. The Labute approximate surface area is 182 Å².